The molecular weight excluding hydrogens is 190 g/mol. The highest BCUT2D eigenvalue weighted by Gasteiger charge is 2.06. The molecule has 1 aromatic heterocycles. The van der Waals surface area contributed by atoms with E-state index in [9.17, 15) is 0 Å². The molecule has 0 aromatic carbocycles. The largest absolute Gasteiger partial charge is 0.468 e. The Balaban J connectivity index is 2.05. The lowest BCUT2D eigenvalue weighted by Gasteiger charge is -2.12. The van der Waals surface area contributed by atoms with Gasteiger partial charge in [0, 0.05) is 13.2 Å². The van der Waals surface area contributed by atoms with E-state index in [0.717, 1.165) is 25.5 Å². The van der Waals surface area contributed by atoms with Crippen LogP contribution in [-0.4, -0.2) is 19.8 Å². The Hall–Kier alpha value is -0.800. The smallest absolute Gasteiger partial charge is 0.120 e. The van der Waals surface area contributed by atoms with Crippen LogP contribution in [0.15, 0.2) is 22.8 Å². The second-order valence-corrected chi connectivity index (χ2v) is 4.16. The topological polar surface area (TPSA) is 34.4 Å². The van der Waals surface area contributed by atoms with Gasteiger partial charge in [-0.2, -0.15) is 0 Å². The first kappa shape index (κ1) is 12.3. The lowest BCUT2D eigenvalue weighted by Crippen LogP contribution is -2.23. The Morgan fingerprint density at radius 1 is 1.40 bits per heavy atom. The summed E-state index contributed by atoms with van der Waals surface area (Å²) in [5, 5.41) is 3.34. The van der Waals surface area contributed by atoms with E-state index in [-0.39, 0.29) is 6.04 Å². The zero-order chi connectivity index (χ0) is 11.1. The van der Waals surface area contributed by atoms with Gasteiger partial charge in [-0.25, -0.2) is 0 Å². The molecule has 0 amide bonds. The van der Waals surface area contributed by atoms with Gasteiger partial charge in [-0.15, -0.1) is 0 Å². The molecule has 0 fully saturated rings. The van der Waals surface area contributed by atoms with Gasteiger partial charge in [-0.05, 0) is 25.0 Å². The minimum Gasteiger partial charge on any atom is -0.468 e. The SMILES string of the molecule is CC(C)COCCN[C@@H](C)c1ccco1. The van der Waals surface area contributed by atoms with Crippen molar-refractivity contribution in [3.8, 4) is 0 Å². The zero-order valence-electron chi connectivity index (χ0n) is 9.82. The van der Waals surface area contributed by atoms with Crippen LogP contribution in [0.4, 0.5) is 0 Å². The fourth-order valence-corrected chi connectivity index (χ4v) is 1.30. The molecule has 0 spiro atoms. The van der Waals surface area contributed by atoms with Gasteiger partial charge in [-0.3, -0.25) is 0 Å². The van der Waals surface area contributed by atoms with Crippen molar-refractivity contribution in [3.63, 3.8) is 0 Å². The summed E-state index contributed by atoms with van der Waals surface area (Å²) in [6, 6.07) is 4.14. The number of hydrogen-bond donors (Lipinski definition) is 1. The van der Waals surface area contributed by atoms with Crippen LogP contribution in [0.5, 0.6) is 0 Å². The summed E-state index contributed by atoms with van der Waals surface area (Å²) < 4.78 is 10.8. The van der Waals surface area contributed by atoms with E-state index < -0.39 is 0 Å². The molecule has 1 heterocycles. The number of nitrogens with one attached hydrogen (secondary N) is 1. The van der Waals surface area contributed by atoms with Crippen LogP contribution in [0.1, 0.15) is 32.6 Å². The van der Waals surface area contributed by atoms with E-state index in [4.69, 9.17) is 9.15 Å². The van der Waals surface area contributed by atoms with Crippen molar-refractivity contribution in [3.05, 3.63) is 24.2 Å². The monoisotopic (exact) mass is 211 g/mol. The van der Waals surface area contributed by atoms with E-state index in [0.29, 0.717) is 5.92 Å². The molecule has 0 aliphatic heterocycles. The van der Waals surface area contributed by atoms with Crippen LogP contribution in [0.2, 0.25) is 0 Å². The summed E-state index contributed by atoms with van der Waals surface area (Å²) in [5.41, 5.74) is 0. The highest BCUT2D eigenvalue weighted by atomic mass is 16.5. The van der Waals surface area contributed by atoms with Crippen molar-refractivity contribution in [2.75, 3.05) is 19.8 Å². The first-order chi connectivity index (χ1) is 7.20. The van der Waals surface area contributed by atoms with Crippen LogP contribution in [-0.2, 0) is 4.74 Å². The molecule has 0 saturated carbocycles. The number of hydrogen-bond acceptors (Lipinski definition) is 3. The molecule has 1 atom stereocenters. The summed E-state index contributed by atoms with van der Waals surface area (Å²) in [5.74, 6) is 1.58. The molecule has 0 saturated heterocycles. The van der Waals surface area contributed by atoms with Gasteiger partial charge >= 0.3 is 0 Å². The molecular formula is C12H21NO2. The minimum atomic E-state index is 0.252. The summed E-state index contributed by atoms with van der Waals surface area (Å²) >= 11 is 0. The second-order valence-electron chi connectivity index (χ2n) is 4.16. The summed E-state index contributed by atoms with van der Waals surface area (Å²) in [6.07, 6.45) is 1.70. The van der Waals surface area contributed by atoms with Gasteiger partial charge in [0.15, 0.2) is 0 Å². The molecule has 0 aliphatic carbocycles. The van der Waals surface area contributed by atoms with E-state index in [1.807, 2.05) is 12.1 Å². The Kier molecular flexibility index (Phi) is 5.43. The van der Waals surface area contributed by atoms with Gasteiger partial charge in [0.1, 0.15) is 5.76 Å². The van der Waals surface area contributed by atoms with Crippen LogP contribution < -0.4 is 5.32 Å². The normalized spacial score (nSPS) is 13.3. The molecule has 0 aliphatic rings. The Labute approximate surface area is 91.8 Å². The van der Waals surface area contributed by atoms with Gasteiger partial charge in [0.05, 0.1) is 18.9 Å². The molecule has 86 valence electrons. The third-order valence-corrected chi connectivity index (χ3v) is 2.12. The molecule has 0 bridgehead atoms. The quantitative estimate of drug-likeness (QED) is 0.704. The molecule has 15 heavy (non-hydrogen) atoms. The van der Waals surface area contributed by atoms with Crippen molar-refractivity contribution in [1.29, 1.82) is 0 Å². The Bertz CT molecular complexity index is 244. The summed E-state index contributed by atoms with van der Waals surface area (Å²) in [4.78, 5) is 0. The fraction of sp³-hybridized carbons (Fsp3) is 0.667. The van der Waals surface area contributed by atoms with E-state index in [1.165, 1.54) is 0 Å². The zero-order valence-corrected chi connectivity index (χ0v) is 9.82. The van der Waals surface area contributed by atoms with Crippen LogP contribution >= 0.6 is 0 Å². The van der Waals surface area contributed by atoms with Gasteiger partial charge in [0.2, 0.25) is 0 Å². The lowest BCUT2D eigenvalue weighted by molar-refractivity contribution is 0.110. The molecule has 3 nitrogen and oxygen atoms in total. The fourth-order valence-electron chi connectivity index (χ4n) is 1.30. The standard InChI is InChI=1S/C12H21NO2/c1-10(2)9-14-8-6-13-11(3)12-5-4-7-15-12/h4-5,7,10-11,13H,6,8-9H2,1-3H3/t11-/m0/s1. The molecule has 3 heteroatoms. The molecule has 1 N–H and O–H groups in total. The van der Waals surface area contributed by atoms with E-state index >= 15 is 0 Å². The van der Waals surface area contributed by atoms with Gasteiger partial charge in [0.25, 0.3) is 0 Å². The van der Waals surface area contributed by atoms with E-state index in [1.54, 1.807) is 6.26 Å². The third-order valence-electron chi connectivity index (χ3n) is 2.12. The van der Waals surface area contributed by atoms with Crippen molar-refractivity contribution < 1.29 is 9.15 Å². The summed E-state index contributed by atoms with van der Waals surface area (Å²) in [7, 11) is 0. The first-order valence-corrected chi connectivity index (χ1v) is 5.54. The predicted molar refractivity (Wildman–Crippen MR) is 60.8 cm³/mol. The highest BCUT2D eigenvalue weighted by molar-refractivity contribution is 5.02. The second kappa shape index (κ2) is 6.64. The van der Waals surface area contributed by atoms with Crippen molar-refractivity contribution in [2.24, 2.45) is 5.92 Å². The van der Waals surface area contributed by atoms with Crippen molar-refractivity contribution in [1.82, 2.24) is 5.32 Å². The molecule has 1 rings (SSSR count). The maximum absolute atomic E-state index is 5.47. The number of ether oxygens (including phenoxy) is 1. The average Bonchev–Trinajstić information content (AvgIpc) is 2.69. The summed E-state index contributed by atoms with van der Waals surface area (Å²) in [6.45, 7) is 8.83. The lowest BCUT2D eigenvalue weighted by atomic mass is 10.2. The maximum atomic E-state index is 5.47. The average molecular weight is 211 g/mol. The molecule has 0 unspecified atom stereocenters. The Morgan fingerprint density at radius 3 is 2.80 bits per heavy atom. The minimum absolute atomic E-state index is 0.252. The molecule has 0 radical (unpaired) electrons. The number of furan rings is 1. The van der Waals surface area contributed by atoms with Gasteiger partial charge in [-0.1, -0.05) is 13.8 Å². The van der Waals surface area contributed by atoms with Crippen LogP contribution in [0, 0.1) is 5.92 Å². The van der Waals surface area contributed by atoms with Crippen LogP contribution in [0.25, 0.3) is 0 Å². The Morgan fingerprint density at radius 2 is 2.20 bits per heavy atom. The van der Waals surface area contributed by atoms with Crippen molar-refractivity contribution >= 4 is 0 Å². The highest BCUT2D eigenvalue weighted by Crippen LogP contribution is 2.11. The van der Waals surface area contributed by atoms with Crippen molar-refractivity contribution in [2.45, 2.75) is 26.8 Å². The number of rotatable bonds is 7. The third kappa shape index (κ3) is 5.00. The van der Waals surface area contributed by atoms with Gasteiger partial charge < -0.3 is 14.5 Å². The predicted octanol–water partition coefficient (Wildman–Crippen LogP) is 2.60. The molecule has 1 aromatic rings. The van der Waals surface area contributed by atoms with E-state index in [2.05, 4.69) is 26.1 Å². The first-order valence-electron chi connectivity index (χ1n) is 5.54. The maximum Gasteiger partial charge on any atom is 0.120 e. The van der Waals surface area contributed by atoms with Crippen LogP contribution in [0.3, 0.4) is 0 Å².